The van der Waals surface area contributed by atoms with E-state index in [4.69, 9.17) is 5.11 Å². The van der Waals surface area contributed by atoms with Gasteiger partial charge in [-0.05, 0) is 51.7 Å². The first-order valence-corrected chi connectivity index (χ1v) is 7.63. The summed E-state index contributed by atoms with van der Waals surface area (Å²) in [4.78, 5) is 25.7. The SMILES string of the molecule is CCC(NC(=O)C1CCCN1C1CCNCC1)C(=O)O. The van der Waals surface area contributed by atoms with Crippen LogP contribution >= 0.6 is 0 Å². The van der Waals surface area contributed by atoms with Crippen molar-refractivity contribution in [2.75, 3.05) is 19.6 Å². The number of nitrogens with zero attached hydrogens (tertiary/aromatic N) is 1. The highest BCUT2D eigenvalue weighted by Gasteiger charge is 2.36. The number of nitrogens with one attached hydrogen (secondary N) is 2. The minimum atomic E-state index is -0.952. The molecular weight excluding hydrogens is 258 g/mol. The maximum Gasteiger partial charge on any atom is 0.326 e. The van der Waals surface area contributed by atoms with Gasteiger partial charge in [0.2, 0.25) is 5.91 Å². The van der Waals surface area contributed by atoms with Gasteiger partial charge in [0.05, 0.1) is 6.04 Å². The van der Waals surface area contributed by atoms with Crippen molar-refractivity contribution in [3.05, 3.63) is 0 Å². The molecule has 2 aliphatic rings. The van der Waals surface area contributed by atoms with Crippen LogP contribution in [-0.4, -0.2) is 59.6 Å². The van der Waals surface area contributed by atoms with Crippen LogP contribution in [0.3, 0.4) is 0 Å². The second-order valence-electron chi connectivity index (χ2n) is 5.68. The molecule has 20 heavy (non-hydrogen) atoms. The maximum atomic E-state index is 12.3. The van der Waals surface area contributed by atoms with Gasteiger partial charge < -0.3 is 15.7 Å². The molecule has 114 valence electrons. The predicted molar refractivity (Wildman–Crippen MR) is 75.5 cm³/mol. The number of likely N-dealkylation sites (tertiary alicyclic amines) is 1. The molecule has 6 heteroatoms. The normalized spacial score (nSPS) is 26.4. The van der Waals surface area contributed by atoms with Gasteiger partial charge >= 0.3 is 5.97 Å². The molecule has 2 aliphatic heterocycles. The smallest absolute Gasteiger partial charge is 0.326 e. The van der Waals surface area contributed by atoms with Crippen LogP contribution in [0.25, 0.3) is 0 Å². The van der Waals surface area contributed by atoms with Crippen LogP contribution in [0.2, 0.25) is 0 Å². The van der Waals surface area contributed by atoms with E-state index in [9.17, 15) is 9.59 Å². The third-order valence-electron chi connectivity index (χ3n) is 4.40. The largest absolute Gasteiger partial charge is 0.480 e. The van der Waals surface area contributed by atoms with E-state index in [2.05, 4.69) is 15.5 Å². The number of carbonyl (C=O) groups excluding carboxylic acids is 1. The standard InChI is InChI=1S/C14H25N3O3/c1-2-11(14(19)20)16-13(18)12-4-3-9-17(12)10-5-7-15-8-6-10/h10-12,15H,2-9H2,1H3,(H,16,18)(H,19,20). The zero-order chi connectivity index (χ0) is 14.5. The molecule has 2 saturated heterocycles. The molecule has 3 N–H and O–H groups in total. The molecule has 0 saturated carbocycles. The lowest BCUT2D eigenvalue weighted by molar-refractivity contribution is -0.142. The molecule has 2 unspecified atom stereocenters. The van der Waals surface area contributed by atoms with E-state index >= 15 is 0 Å². The lowest BCUT2D eigenvalue weighted by atomic mass is 10.0. The predicted octanol–water partition coefficient (Wildman–Crippen LogP) is 0.182. The first-order chi connectivity index (χ1) is 9.63. The Morgan fingerprint density at radius 1 is 1.35 bits per heavy atom. The lowest BCUT2D eigenvalue weighted by Crippen LogP contribution is -2.53. The summed E-state index contributed by atoms with van der Waals surface area (Å²) in [6.07, 6.45) is 4.42. The molecule has 2 rings (SSSR count). The molecule has 2 heterocycles. The number of carboxylic acid groups (broad SMARTS) is 1. The Bertz CT molecular complexity index is 356. The van der Waals surface area contributed by atoms with Gasteiger partial charge in [0, 0.05) is 6.04 Å². The first-order valence-electron chi connectivity index (χ1n) is 7.63. The highest BCUT2D eigenvalue weighted by atomic mass is 16.4. The lowest BCUT2D eigenvalue weighted by Gasteiger charge is -2.35. The first kappa shape index (κ1) is 15.3. The summed E-state index contributed by atoms with van der Waals surface area (Å²) >= 11 is 0. The highest BCUT2D eigenvalue weighted by Crippen LogP contribution is 2.24. The minimum Gasteiger partial charge on any atom is -0.480 e. The van der Waals surface area contributed by atoms with Crippen LogP contribution in [0.1, 0.15) is 39.0 Å². The van der Waals surface area contributed by atoms with E-state index in [1.54, 1.807) is 6.92 Å². The summed E-state index contributed by atoms with van der Waals surface area (Å²) in [6.45, 7) is 4.73. The molecule has 0 spiro atoms. The van der Waals surface area contributed by atoms with E-state index < -0.39 is 12.0 Å². The fourth-order valence-electron chi connectivity index (χ4n) is 3.25. The summed E-state index contributed by atoms with van der Waals surface area (Å²) in [7, 11) is 0. The molecule has 2 atom stereocenters. The van der Waals surface area contributed by atoms with Crippen LogP contribution in [0, 0.1) is 0 Å². The molecule has 2 fully saturated rings. The van der Waals surface area contributed by atoms with Crippen molar-refractivity contribution < 1.29 is 14.7 Å². The molecule has 6 nitrogen and oxygen atoms in total. The number of hydrogen-bond donors (Lipinski definition) is 3. The molecule has 0 aromatic carbocycles. The van der Waals surface area contributed by atoms with Gasteiger partial charge in [0.1, 0.15) is 6.04 Å². The van der Waals surface area contributed by atoms with Crippen molar-refractivity contribution in [2.45, 2.75) is 57.2 Å². The monoisotopic (exact) mass is 283 g/mol. The van der Waals surface area contributed by atoms with E-state index in [1.807, 2.05) is 0 Å². The van der Waals surface area contributed by atoms with Crippen molar-refractivity contribution in [1.82, 2.24) is 15.5 Å². The third kappa shape index (κ3) is 3.49. The number of amides is 1. The minimum absolute atomic E-state index is 0.115. The van der Waals surface area contributed by atoms with Crippen molar-refractivity contribution >= 4 is 11.9 Å². The quantitative estimate of drug-likeness (QED) is 0.671. The van der Waals surface area contributed by atoms with Gasteiger partial charge in [-0.3, -0.25) is 9.69 Å². The molecule has 0 radical (unpaired) electrons. The average molecular weight is 283 g/mol. The van der Waals surface area contributed by atoms with E-state index in [1.165, 1.54) is 0 Å². The van der Waals surface area contributed by atoms with Crippen molar-refractivity contribution in [2.24, 2.45) is 0 Å². The van der Waals surface area contributed by atoms with Crippen LogP contribution in [0.4, 0.5) is 0 Å². The Hall–Kier alpha value is -1.14. The number of aliphatic carboxylic acids is 1. The Kier molecular flexibility index (Phi) is 5.37. The number of carbonyl (C=O) groups is 2. The second-order valence-corrected chi connectivity index (χ2v) is 5.68. The fourth-order valence-corrected chi connectivity index (χ4v) is 3.25. The summed E-state index contributed by atoms with van der Waals surface area (Å²) in [6, 6.07) is -0.455. The summed E-state index contributed by atoms with van der Waals surface area (Å²) in [5, 5.41) is 15.1. The fraction of sp³-hybridized carbons (Fsp3) is 0.857. The number of hydrogen-bond acceptors (Lipinski definition) is 4. The number of carboxylic acids is 1. The van der Waals surface area contributed by atoms with Gasteiger partial charge in [-0.15, -0.1) is 0 Å². The summed E-state index contributed by atoms with van der Waals surface area (Å²) < 4.78 is 0. The number of piperidine rings is 1. The molecule has 0 aromatic rings. The zero-order valence-corrected chi connectivity index (χ0v) is 12.1. The molecule has 0 aromatic heterocycles. The summed E-state index contributed by atoms with van der Waals surface area (Å²) in [5.41, 5.74) is 0. The van der Waals surface area contributed by atoms with Gasteiger partial charge in [-0.1, -0.05) is 6.92 Å². The van der Waals surface area contributed by atoms with E-state index in [-0.39, 0.29) is 11.9 Å². The van der Waals surface area contributed by atoms with Crippen LogP contribution in [0.5, 0.6) is 0 Å². The van der Waals surface area contributed by atoms with Crippen LogP contribution < -0.4 is 10.6 Å². The zero-order valence-electron chi connectivity index (χ0n) is 12.1. The summed E-state index contributed by atoms with van der Waals surface area (Å²) in [5.74, 6) is -1.07. The highest BCUT2D eigenvalue weighted by molar-refractivity contribution is 5.87. The van der Waals surface area contributed by atoms with Crippen LogP contribution in [-0.2, 0) is 9.59 Å². The van der Waals surface area contributed by atoms with E-state index in [0.717, 1.165) is 45.3 Å². The Morgan fingerprint density at radius 3 is 2.65 bits per heavy atom. The van der Waals surface area contributed by atoms with Gasteiger partial charge in [0.25, 0.3) is 0 Å². The van der Waals surface area contributed by atoms with Gasteiger partial charge in [-0.2, -0.15) is 0 Å². The molecule has 1 amide bonds. The maximum absolute atomic E-state index is 12.3. The number of rotatable bonds is 5. The van der Waals surface area contributed by atoms with E-state index in [0.29, 0.717) is 12.5 Å². The van der Waals surface area contributed by atoms with Gasteiger partial charge in [-0.25, -0.2) is 4.79 Å². The molecular formula is C14H25N3O3. The Morgan fingerprint density at radius 2 is 2.05 bits per heavy atom. The van der Waals surface area contributed by atoms with Crippen molar-refractivity contribution in [3.8, 4) is 0 Å². The van der Waals surface area contributed by atoms with Gasteiger partial charge in [0.15, 0.2) is 0 Å². The van der Waals surface area contributed by atoms with Crippen LogP contribution in [0.15, 0.2) is 0 Å². The Labute approximate surface area is 119 Å². The topological polar surface area (TPSA) is 81.7 Å². The third-order valence-corrected chi connectivity index (χ3v) is 4.40. The van der Waals surface area contributed by atoms with Crippen molar-refractivity contribution in [1.29, 1.82) is 0 Å². The molecule has 0 aliphatic carbocycles. The molecule has 0 bridgehead atoms. The average Bonchev–Trinajstić information content (AvgIpc) is 2.94. The Balaban J connectivity index is 1.95. The second kappa shape index (κ2) is 7.04. The van der Waals surface area contributed by atoms with Crippen molar-refractivity contribution in [3.63, 3.8) is 0 Å².